The number of hydrogen-bond donors (Lipinski definition) is 1. The zero-order valence-electron chi connectivity index (χ0n) is 23.9. The second kappa shape index (κ2) is 12.8. The van der Waals surface area contributed by atoms with Crippen LogP contribution in [0, 0.1) is 10.1 Å². The molecule has 0 saturated carbocycles. The van der Waals surface area contributed by atoms with Crippen LogP contribution in [0.3, 0.4) is 0 Å². The number of anilines is 1. The van der Waals surface area contributed by atoms with E-state index >= 15 is 0 Å². The topological polar surface area (TPSA) is 88.0 Å². The first-order chi connectivity index (χ1) is 19.1. The van der Waals surface area contributed by atoms with Crippen molar-refractivity contribution in [3.8, 4) is 0 Å². The number of nitrogens with zero attached hydrogens (tertiary/aromatic N) is 3. The Labute approximate surface area is 238 Å². The normalized spacial score (nSPS) is 14.7. The molecule has 1 aliphatic heterocycles. The molecule has 0 aliphatic carbocycles. The van der Waals surface area contributed by atoms with Crippen LogP contribution in [0.1, 0.15) is 37.6 Å². The zero-order valence-corrected chi connectivity index (χ0v) is 24.9. The largest absolute Gasteiger partial charge is 0.407 e. The highest BCUT2D eigenvalue weighted by Gasteiger charge is 2.49. The van der Waals surface area contributed by atoms with Crippen LogP contribution in [-0.2, 0) is 4.43 Å². The van der Waals surface area contributed by atoms with Gasteiger partial charge in [-0.1, -0.05) is 81.4 Å². The molecular weight excluding hydrogens is 520 g/mol. The van der Waals surface area contributed by atoms with Gasteiger partial charge in [0.25, 0.3) is 19.9 Å². The summed E-state index contributed by atoms with van der Waals surface area (Å²) in [5.41, 5.74) is 0.990. The molecular formula is C31H40N4O4Si. The van der Waals surface area contributed by atoms with Gasteiger partial charge in [-0.25, -0.2) is 0 Å². The molecule has 0 spiro atoms. The maximum absolute atomic E-state index is 13.3. The van der Waals surface area contributed by atoms with E-state index in [4.69, 9.17) is 4.43 Å². The molecule has 1 amide bonds. The van der Waals surface area contributed by atoms with Crippen LogP contribution in [0.5, 0.6) is 0 Å². The molecule has 9 heteroatoms. The van der Waals surface area contributed by atoms with Crippen molar-refractivity contribution in [2.45, 2.75) is 32.2 Å². The van der Waals surface area contributed by atoms with Crippen LogP contribution < -0.4 is 20.6 Å². The summed E-state index contributed by atoms with van der Waals surface area (Å²) < 4.78 is 6.92. The monoisotopic (exact) mass is 560 g/mol. The lowest BCUT2D eigenvalue weighted by molar-refractivity contribution is -0.384. The van der Waals surface area contributed by atoms with Gasteiger partial charge in [0.1, 0.15) is 0 Å². The number of benzene rings is 3. The van der Waals surface area contributed by atoms with Gasteiger partial charge in [0.05, 0.1) is 16.2 Å². The number of nitro groups is 1. The molecule has 0 bridgehead atoms. The quantitative estimate of drug-likeness (QED) is 0.174. The average Bonchev–Trinajstić information content (AvgIpc) is 2.95. The van der Waals surface area contributed by atoms with E-state index in [1.54, 1.807) is 6.07 Å². The lowest BCUT2D eigenvalue weighted by Crippen LogP contribution is -2.66. The second-order valence-electron chi connectivity index (χ2n) is 11.4. The predicted molar refractivity (Wildman–Crippen MR) is 163 cm³/mol. The average molecular weight is 561 g/mol. The Morgan fingerprint density at radius 1 is 0.950 bits per heavy atom. The van der Waals surface area contributed by atoms with Gasteiger partial charge in [-0.15, -0.1) is 0 Å². The Morgan fingerprint density at radius 2 is 1.52 bits per heavy atom. The fourth-order valence-corrected chi connectivity index (χ4v) is 10.1. The number of non-ortho nitro benzene ring substituents is 1. The second-order valence-corrected chi connectivity index (χ2v) is 15.7. The molecule has 1 saturated heterocycles. The molecule has 1 aliphatic rings. The number of piperazine rings is 1. The van der Waals surface area contributed by atoms with E-state index in [0.717, 1.165) is 31.9 Å². The minimum absolute atomic E-state index is 0.0851. The first kappa shape index (κ1) is 29.4. The third-order valence-corrected chi connectivity index (χ3v) is 12.7. The molecule has 0 atom stereocenters. The van der Waals surface area contributed by atoms with E-state index in [2.05, 4.69) is 91.5 Å². The number of nitro benzene ring substituents is 1. The summed E-state index contributed by atoms with van der Waals surface area (Å²) in [6, 6.07) is 25.5. The van der Waals surface area contributed by atoms with Crippen LogP contribution in [0.4, 0.5) is 11.4 Å². The van der Waals surface area contributed by atoms with E-state index in [1.165, 1.54) is 22.5 Å². The number of nitrogens with one attached hydrogen (secondary N) is 1. The first-order valence-corrected chi connectivity index (χ1v) is 15.8. The Balaban J connectivity index is 1.48. The molecule has 1 heterocycles. The smallest absolute Gasteiger partial charge is 0.270 e. The molecule has 212 valence electrons. The minimum atomic E-state index is -2.65. The Kier molecular flexibility index (Phi) is 9.39. The van der Waals surface area contributed by atoms with E-state index in [0.29, 0.717) is 25.1 Å². The maximum atomic E-state index is 13.3. The summed E-state index contributed by atoms with van der Waals surface area (Å²) in [7, 11) is -0.581. The summed E-state index contributed by atoms with van der Waals surface area (Å²) in [6.07, 6.45) is 0.620. The first-order valence-electron chi connectivity index (χ1n) is 13.9. The van der Waals surface area contributed by atoms with Gasteiger partial charge in [-0.05, 0) is 34.9 Å². The number of carbonyl (C=O) groups excluding carboxylic acids is 1. The molecule has 4 rings (SSSR count). The van der Waals surface area contributed by atoms with Crippen molar-refractivity contribution in [3.05, 3.63) is 94.5 Å². The highest BCUT2D eigenvalue weighted by molar-refractivity contribution is 6.99. The van der Waals surface area contributed by atoms with Gasteiger partial charge >= 0.3 is 0 Å². The van der Waals surface area contributed by atoms with Gasteiger partial charge in [0, 0.05) is 51.5 Å². The standard InChI is InChI=1S/C31H40N4O4Si/c1-31(2,3)40(26-12-7-5-8-13-26,27-14-9-6-10-15-27)39-23-11-18-32-30(36)28-24-25(35(37)38)16-17-29(28)34-21-19-33(4)20-22-34/h5-10,12-17,24H,11,18-23H2,1-4H3,(H,32,36). The van der Waals surface area contributed by atoms with Crippen molar-refractivity contribution in [3.63, 3.8) is 0 Å². The van der Waals surface area contributed by atoms with Crippen molar-refractivity contribution in [1.29, 1.82) is 0 Å². The van der Waals surface area contributed by atoms with Crippen molar-refractivity contribution < 1.29 is 14.1 Å². The summed E-state index contributed by atoms with van der Waals surface area (Å²) in [6.45, 7) is 10.9. The van der Waals surface area contributed by atoms with Crippen LogP contribution in [0.15, 0.2) is 78.9 Å². The summed E-state index contributed by atoms with van der Waals surface area (Å²) in [4.78, 5) is 28.7. The van der Waals surface area contributed by atoms with Gasteiger partial charge in [0.15, 0.2) is 0 Å². The lowest BCUT2D eigenvalue weighted by atomic mass is 10.1. The molecule has 1 fully saturated rings. The van der Waals surface area contributed by atoms with Crippen molar-refractivity contribution in [2.75, 3.05) is 51.3 Å². The van der Waals surface area contributed by atoms with E-state index < -0.39 is 13.2 Å². The number of amides is 1. The van der Waals surface area contributed by atoms with Crippen LogP contribution >= 0.6 is 0 Å². The molecule has 40 heavy (non-hydrogen) atoms. The third-order valence-electron chi connectivity index (χ3n) is 7.62. The van der Waals surface area contributed by atoms with E-state index in [9.17, 15) is 14.9 Å². The fourth-order valence-electron chi connectivity index (χ4n) is 5.50. The minimum Gasteiger partial charge on any atom is -0.407 e. The van der Waals surface area contributed by atoms with Gasteiger partial charge in [-0.2, -0.15) is 0 Å². The highest BCUT2D eigenvalue weighted by atomic mass is 28.4. The van der Waals surface area contributed by atoms with Gasteiger partial charge < -0.3 is 19.5 Å². The SMILES string of the molecule is CN1CCN(c2ccc([N+](=O)[O-])cc2C(=O)NCCCO[Si](c2ccccc2)(c2ccccc2)C(C)(C)C)CC1. The molecule has 0 unspecified atom stereocenters. The summed E-state index contributed by atoms with van der Waals surface area (Å²) >= 11 is 0. The fraction of sp³-hybridized carbons (Fsp3) is 0.387. The number of carbonyl (C=O) groups is 1. The number of hydrogen-bond acceptors (Lipinski definition) is 6. The van der Waals surface area contributed by atoms with Gasteiger partial charge in [-0.3, -0.25) is 14.9 Å². The molecule has 3 aromatic rings. The van der Waals surface area contributed by atoms with Gasteiger partial charge in [0.2, 0.25) is 0 Å². The molecule has 8 nitrogen and oxygen atoms in total. The lowest BCUT2D eigenvalue weighted by Gasteiger charge is -2.43. The van der Waals surface area contributed by atoms with Crippen molar-refractivity contribution in [2.24, 2.45) is 0 Å². The maximum Gasteiger partial charge on any atom is 0.270 e. The van der Waals surface area contributed by atoms with E-state index in [1.807, 2.05) is 12.1 Å². The molecule has 3 aromatic carbocycles. The zero-order chi connectivity index (χ0) is 28.8. The van der Waals surface area contributed by atoms with Crippen LogP contribution in [0.2, 0.25) is 5.04 Å². The molecule has 0 radical (unpaired) electrons. The molecule has 0 aromatic heterocycles. The Bertz CT molecular complexity index is 1250. The van der Waals surface area contributed by atoms with Crippen molar-refractivity contribution in [1.82, 2.24) is 10.2 Å². The van der Waals surface area contributed by atoms with Crippen molar-refractivity contribution >= 4 is 36.0 Å². The Morgan fingerprint density at radius 3 is 2.05 bits per heavy atom. The predicted octanol–water partition coefficient (Wildman–Crippen LogP) is 4.04. The Hall–Kier alpha value is -3.53. The third kappa shape index (κ3) is 6.43. The van der Waals surface area contributed by atoms with Crippen LogP contribution in [-0.4, -0.2) is 70.4 Å². The van der Waals surface area contributed by atoms with Crippen LogP contribution in [0.25, 0.3) is 0 Å². The number of likely N-dealkylation sites (N-methyl/N-ethyl adjacent to an activating group) is 1. The summed E-state index contributed by atoms with van der Waals surface area (Å²) in [5, 5.41) is 16.8. The highest BCUT2D eigenvalue weighted by Crippen LogP contribution is 2.36. The number of rotatable bonds is 10. The summed E-state index contributed by atoms with van der Waals surface area (Å²) in [5.74, 6) is -0.303. The van der Waals surface area contributed by atoms with E-state index in [-0.39, 0.29) is 16.6 Å². The molecule has 1 N–H and O–H groups in total.